The Labute approximate surface area is 56.2 Å². The van der Waals surface area contributed by atoms with Gasteiger partial charge >= 0.3 is 0 Å². The summed E-state index contributed by atoms with van der Waals surface area (Å²) in [6.45, 7) is 1.97. The molecule has 0 aliphatic rings. The number of rotatable bonds is 3. The van der Waals surface area contributed by atoms with Gasteiger partial charge in [0.05, 0.1) is 6.17 Å². The number of carbonyl (C=O) groups is 1. The molecule has 0 aromatic rings. The van der Waals surface area contributed by atoms with Gasteiger partial charge in [0, 0.05) is 7.05 Å². The van der Waals surface area contributed by atoms with Gasteiger partial charge < -0.3 is 4.90 Å². The normalized spacial score (nSPS) is 13.4. The first-order chi connectivity index (χ1) is 4.09. The van der Waals surface area contributed by atoms with E-state index in [2.05, 4.69) is 0 Å². The molecule has 0 spiro atoms. The fourth-order valence-electron chi connectivity index (χ4n) is 0.452. The number of amides is 1. The van der Waals surface area contributed by atoms with Gasteiger partial charge in [0.1, 0.15) is 0 Å². The smallest absolute Gasteiger partial charge is 0.210 e. The van der Waals surface area contributed by atoms with Crippen molar-refractivity contribution in [2.24, 2.45) is 0 Å². The Balaban J connectivity index is 3.71. The molecule has 1 amide bonds. The molecule has 0 saturated heterocycles. The van der Waals surface area contributed by atoms with Crippen molar-refractivity contribution >= 4 is 6.41 Å². The summed E-state index contributed by atoms with van der Waals surface area (Å²) >= 11 is 0. The minimum Gasteiger partial charge on any atom is -0.333 e. The minimum atomic E-state index is 0.183. The summed E-state index contributed by atoms with van der Waals surface area (Å²) in [6, 6.07) is 0. The van der Waals surface area contributed by atoms with E-state index in [1.54, 1.807) is 11.9 Å². The zero-order chi connectivity index (χ0) is 7.44. The summed E-state index contributed by atoms with van der Waals surface area (Å²) in [6.07, 6.45) is 1.01. The summed E-state index contributed by atoms with van der Waals surface area (Å²) in [7, 11) is 5.63. The van der Waals surface area contributed by atoms with Crippen LogP contribution in [0.1, 0.15) is 6.92 Å². The first-order valence-electron chi connectivity index (χ1n) is 2.93. The van der Waals surface area contributed by atoms with E-state index in [0.717, 1.165) is 6.41 Å². The summed E-state index contributed by atoms with van der Waals surface area (Å²) in [4.78, 5) is 13.7. The number of nitrogens with zero attached hydrogens (tertiary/aromatic N) is 2. The third-order valence-electron chi connectivity index (χ3n) is 1.50. The molecule has 0 aromatic carbocycles. The lowest BCUT2D eigenvalue weighted by molar-refractivity contribution is -0.120. The number of hydrogen-bond acceptors (Lipinski definition) is 2. The van der Waals surface area contributed by atoms with Crippen molar-refractivity contribution in [3.8, 4) is 0 Å². The van der Waals surface area contributed by atoms with Crippen LogP contribution in [0.5, 0.6) is 0 Å². The molecule has 0 aliphatic heterocycles. The van der Waals surface area contributed by atoms with E-state index in [1.807, 2.05) is 25.9 Å². The molecule has 0 aromatic heterocycles. The topological polar surface area (TPSA) is 23.6 Å². The third-order valence-corrected chi connectivity index (χ3v) is 1.50. The lowest BCUT2D eigenvalue weighted by Gasteiger charge is -2.26. The Morgan fingerprint density at radius 1 is 1.33 bits per heavy atom. The van der Waals surface area contributed by atoms with Crippen LogP contribution in [0.3, 0.4) is 0 Å². The average molecular weight is 130 g/mol. The van der Waals surface area contributed by atoms with E-state index in [0.29, 0.717) is 0 Å². The van der Waals surface area contributed by atoms with E-state index in [-0.39, 0.29) is 6.17 Å². The van der Waals surface area contributed by atoms with Crippen LogP contribution in [0, 0.1) is 0 Å². The van der Waals surface area contributed by atoms with Crippen molar-refractivity contribution in [3.63, 3.8) is 0 Å². The maximum atomic E-state index is 10.2. The third kappa shape index (κ3) is 2.46. The molecular weight excluding hydrogens is 116 g/mol. The summed E-state index contributed by atoms with van der Waals surface area (Å²) < 4.78 is 0. The van der Waals surface area contributed by atoms with Gasteiger partial charge in [0.15, 0.2) is 0 Å². The van der Waals surface area contributed by atoms with Crippen LogP contribution in [0.2, 0.25) is 0 Å². The fourth-order valence-corrected chi connectivity index (χ4v) is 0.452. The van der Waals surface area contributed by atoms with Crippen LogP contribution in [0.25, 0.3) is 0 Å². The Kier molecular flexibility index (Phi) is 3.24. The highest BCUT2D eigenvalue weighted by Crippen LogP contribution is 1.93. The van der Waals surface area contributed by atoms with Crippen LogP contribution in [-0.2, 0) is 4.79 Å². The summed E-state index contributed by atoms with van der Waals surface area (Å²) in [5, 5.41) is 0. The average Bonchev–Trinajstić information content (AvgIpc) is 1.84. The quantitative estimate of drug-likeness (QED) is 0.396. The van der Waals surface area contributed by atoms with E-state index in [9.17, 15) is 4.79 Å². The highest BCUT2D eigenvalue weighted by atomic mass is 16.1. The van der Waals surface area contributed by atoms with Gasteiger partial charge in [0.2, 0.25) is 6.41 Å². The second kappa shape index (κ2) is 3.45. The van der Waals surface area contributed by atoms with Crippen LogP contribution in [0.15, 0.2) is 0 Å². The predicted molar refractivity (Wildman–Crippen MR) is 37.0 cm³/mol. The largest absolute Gasteiger partial charge is 0.333 e. The maximum absolute atomic E-state index is 10.2. The maximum Gasteiger partial charge on any atom is 0.210 e. The van der Waals surface area contributed by atoms with Gasteiger partial charge in [-0.15, -0.1) is 0 Å². The first kappa shape index (κ1) is 8.43. The Morgan fingerprint density at radius 2 is 1.78 bits per heavy atom. The van der Waals surface area contributed by atoms with Crippen molar-refractivity contribution in [1.29, 1.82) is 0 Å². The number of carbonyl (C=O) groups excluding carboxylic acids is 1. The van der Waals surface area contributed by atoms with E-state index >= 15 is 0 Å². The highest BCUT2D eigenvalue weighted by molar-refractivity contribution is 5.46. The zero-order valence-electron chi connectivity index (χ0n) is 6.46. The summed E-state index contributed by atoms with van der Waals surface area (Å²) in [5.41, 5.74) is 0. The molecule has 0 rings (SSSR count). The Morgan fingerprint density at radius 3 is 1.89 bits per heavy atom. The predicted octanol–water partition coefficient (Wildman–Crippen LogP) is -0.0178. The Hall–Kier alpha value is -0.570. The molecule has 1 unspecified atom stereocenters. The monoisotopic (exact) mass is 130 g/mol. The van der Waals surface area contributed by atoms with Crippen molar-refractivity contribution in [2.45, 2.75) is 13.1 Å². The van der Waals surface area contributed by atoms with E-state index in [4.69, 9.17) is 0 Å². The van der Waals surface area contributed by atoms with Crippen LogP contribution in [0.4, 0.5) is 0 Å². The first-order valence-corrected chi connectivity index (χ1v) is 2.93. The van der Waals surface area contributed by atoms with Gasteiger partial charge in [-0.2, -0.15) is 0 Å². The van der Waals surface area contributed by atoms with Gasteiger partial charge in [-0.3, -0.25) is 9.69 Å². The summed E-state index contributed by atoms with van der Waals surface area (Å²) in [5.74, 6) is 0. The van der Waals surface area contributed by atoms with Gasteiger partial charge in [-0.05, 0) is 21.0 Å². The van der Waals surface area contributed by atoms with Crippen LogP contribution < -0.4 is 0 Å². The molecule has 54 valence electrons. The lowest BCUT2D eigenvalue weighted by atomic mass is 10.5. The second-order valence-corrected chi connectivity index (χ2v) is 2.37. The van der Waals surface area contributed by atoms with Crippen molar-refractivity contribution < 1.29 is 4.79 Å². The molecule has 0 fully saturated rings. The standard InChI is InChI=1S/C6H14N2O/c1-6(7(2)3)8(4)5-9/h5-6H,1-4H3. The molecular formula is C6H14N2O. The molecule has 0 N–H and O–H groups in total. The van der Waals surface area contributed by atoms with Crippen molar-refractivity contribution in [2.75, 3.05) is 21.1 Å². The van der Waals surface area contributed by atoms with Gasteiger partial charge in [-0.1, -0.05) is 0 Å². The van der Waals surface area contributed by atoms with Crippen LogP contribution >= 0.6 is 0 Å². The molecule has 0 aliphatic carbocycles. The van der Waals surface area contributed by atoms with E-state index < -0.39 is 0 Å². The van der Waals surface area contributed by atoms with Crippen LogP contribution in [-0.4, -0.2) is 43.5 Å². The minimum absolute atomic E-state index is 0.183. The molecule has 0 radical (unpaired) electrons. The molecule has 3 nitrogen and oxygen atoms in total. The van der Waals surface area contributed by atoms with Crippen molar-refractivity contribution in [3.05, 3.63) is 0 Å². The molecule has 3 heteroatoms. The van der Waals surface area contributed by atoms with Gasteiger partial charge in [0.25, 0.3) is 0 Å². The fraction of sp³-hybridized carbons (Fsp3) is 0.833. The zero-order valence-corrected chi connectivity index (χ0v) is 6.46. The van der Waals surface area contributed by atoms with E-state index in [1.165, 1.54) is 0 Å². The lowest BCUT2D eigenvalue weighted by Crippen LogP contribution is -2.39. The van der Waals surface area contributed by atoms with Gasteiger partial charge in [-0.25, -0.2) is 0 Å². The molecule has 0 saturated carbocycles. The highest BCUT2D eigenvalue weighted by Gasteiger charge is 2.06. The molecule has 1 atom stereocenters. The number of hydrogen-bond donors (Lipinski definition) is 0. The molecule has 9 heavy (non-hydrogen) atoms. The second-order valence-electron chi connectivity index (χ2n) is 2.37. The van der Waals surface area contributed by atoms with Crippen molar-refractivity contribution in [1.82, 2.24) is 9.80 Å². The molecule has 0 heterocycles. The Bertz CT molecular complexity index is 93.1. The SMILES string of the molecule is CC(N(C)C)N(C)C=O. The molecule has 0 bridgehead atoms.